The van der Waals surface area contributed by atoms with Gasteiger partial charge in [0.1, 0.15) is 11.4 Å². The SMILES string of the molecule is C=CCNC(=NCC(C)(O)c1ccsc1)NCCc1ccco1.I. The minimum absolute atomic E-state index is 0. The molecule has 1 unspecified atom stereocenters. The van der Waals surface area contributed by atoms with Crippen LogP contribution >= 0.6 is 35.3 Å². The molecule has 2 aromatic heterocycles. The summed E-state index contributed by atoms with van der Waals surface area (Å²) in [5.74, 6) is 1.57. The number of aliphatic hydroxyl groups is 1. The molecule has 0 radical (unpaired) electrons. The smallest absolute Gasteiger partial charge is 0.191 e. The largest absolute Gasteiger partial charge is 0.469 e. The van der Waals surface area contributed by atoms with Crippen LogP contribution in [-0.2, 0) is 12.0 Å². The lowest BCUT2D eigenvalue weighted by molar-refractivity contribution is 0.0677. The Morgan fingerprint density at radius 1 is 1.46 bits per heavy atom. The average molecular weight is 461 g/mol. The first-order valence-corrected chi connectivity index (χ1v) is 8.46. The van der Waals surface area contributed by atoms with Crippen LogP contribution in [0.3, 0.4) is 0 Å². The maximum Gasteiger partial charge on any atom is 0.191 e. The molecule has 7 heteroatoms. The van der Waals surface area contributed by atoms with E-state index in [9.17, 15) is 5.11 Å². The van der Waals surface area contributed by atoms with E-state index < -0.39 is 5.60 Å². The van der Waals surface area contributed by atoms with E-state index in [1.165, 1.54) is 0 Å². The average Bonchev–Trinajstić information content (AvgIpc) is 3.22. The van der Waals surface area contributed by atoms with Crippen molar-refractivity contribution in [3.63, 3.8) is 0 Å². The summed E-state index contributed by atoms with van der Waals surface area (Å²) in [6.45, 7) is 7.04. The Kier molecular flexibility index (Phi) is 9.09. The Hall–Kier alpha value is -1.32. The Morgan fingerprint density at radius 3 is 2.92 bits per heavy atom. The monoisotopic (exact) mass is 461 g/mol. The molecule has 0 aliphatic carbocycles. The summed E-state index contributed by atoms with van der Waals surface area (Å²) in [6.07, 6.45) is 4.20. The fourth-order valence-electron chi connectivity index (χ4n) is 2.00. The molecule has 0 spiro atoms. The highest BCUT2D eigenvalue weighted by Gasteiger charge is 2.23. The minimum Gasteiger partial charge on any atom is -0.469 e. The minimum atomic E-state index is -0.982. The van der Waals surface area contributed by atoms with Gasteiger partial charge in [-0.15, -0.1) is 30.6 Å². The molecule has 2 aromatic rings. The zero-order valence-electron chi connectivity index (χ0n) is 13.7. The third kappa shape index (κ3) is 6.66. The van der Waals surface area contributed by atoms with Crippen LogP contribution in [-0.4, -0.2) is 30.7 Å². The summed E-state index contributed by atoms with van der Waals surface area (Å²) in [4.78, 5) is 4.48. The number of nitrogens with one attached hydrogen (secondary N) is 2. The Balaban J connectivity index is 0.00000288. The second-order valence-electron chi connectivity index (χ2n) is 5.38. The van der Waals surface area contributed by atoms with Crippen LogP contribution in [0.25, 0.3) is 0 Å². The topological polar surface area (TPSA) is 69.8 Å². The fourth-order valence-corrected chi connectivity index (χ4v) is 2.78. The van der Waals surface area contributed by atoms with Crippen molar-refractivity contribution in [3.8, 4) is 0 Å². The number of thiophene rings is 1. The third-order valence-electron chi connectivity index (χ3n) is 3.35. The van der Waals surface area contributed by atoms with Gasteiger partial charge in [0.05, 0.1) is 12.8 Å². The summed E-state index contributed by atoms with van der Waals surface area (Å²) < 4.78 is 5.30. The van der Waals surface area contributed by atoms with E-state index in [-0.39, 0.29) is 30.5 Å². The van der Waals surface area contributed by atoms with Crippen LogP contribution in [0.15, 0.2) is 57.3 Å². The van der Waals surface area contributed by atoms with Crippen molar-refractivity contribution < 1.29 is 9.52 Å². The third-order valence-corrected chi connectivity index (χ3v) is 4.03. The normalized spacial score (nSPS) is 13.7. The number of furan rings is 1. The number of nitrogens with zero attached hydrogens (tertiary/aromatic N) is 1. The van der Waals surface area contributed by atoms with E-state index >= 15 is 0 Å². The Labute approximate surface area is 163 Å². The predicted octanol–water partition coefficient (Wildman–Crippen LogP) is 3.13. The molecular formula is C17H24IN3O2S. The summed E-state index contributed by atoms with van der Waals surface area (Å²) in [5, 5.41) is 20.8. The lowest BCUT2D eigenvalue weighted by Gasteiger charge is -2.21. The molecule has 0 fully saturated rings. The highest BCUT2D eigenvalue weighted by atomic mass is 127. The van der Waals surface area contributed by atoms with Gasteiger partial charge in [0.2, 0.25) is 0 Å². The number of rotatable bonds is 8. The molecule has 0 bridgehead atoms. The molecule has 2 rings (SSSR count). The molecule has 2 heterocycles. The van der Waals surface area contributed by atoms with Crippen molar-refractivity contribution in [2.75, 3.05) is 19.6 Å². The van der Waals surface area contributed by atoms with Crippen LogP contribution in [0, 0.1) is 0 Å². The summed E-state index contributed by atoms with van der Waals surface area (Å²) in [5.41, 5.74) is -0.103. The van der Waals surface area contributed by atoms with Crippen LogP contribution in [0.4, 0.5) is 0 Å². The first-order valence-electron chi connectivity index (χ1n) is 7.52. The number of hydrogen-bond donors (Lipinski definition) is 3. The number of guanidine groups is 1. The summed E-state index contributed by atoms with van der Waals surface area (Å²) in [6, 6.07) is 5.73. The van der Waals surface area contributed by atoms with Gasteiger partial charge >= 0.3 is 0 Å². The zero-order valence-corrected chi connectivity index (χ0v) is 16.8. The van der Waals surface area contributed by atoms with Gasteiger partial charge in [-0.05, 0) is 41.4 Å². The van der Waals surface area contributed by atoms with Crippen molar-refractivity contribution in [2.24, 2.45) is 4.99 Å². The van der Waals surface area contributed by atoms with E-state index in [1.54, 1.807) is 30.6 Å². The van der Waals surface area contributed by atoms with Crippen LogP contribution in [0.5, 0.6) is 0 Å². The van der Waals surface area contributed by atoms with Crippen molar-refractivity contribution in [1.82, 2.24) is 10.6 Å². The van der Waals surface area contributed by atoms with Crippen molar-refractivity contribution in [1.29, 1.82) is 0 Å². The molecule has 3 N–H and O–H groups in total. The molecule has 0 saturated carbocycles. The highest BCUT2D eigenvalue weighted by molar-refractivity contribution is 14.0. The summed E-state index contributed by atoms with van der Waals surface area (Å²) >= 11 is 1.56. The first-order chi connectivity index (χ1) is 11.1. The van der Waals surface area contributed by atoms with Gasteiger partial charge in [0.15, 0.2) is 5.96 Å². The molecular weight excluding hydrogens is 437 g/mol. The second kappa shape index (κ2) is 10.5. The summed E-state index contributed by atoms with van der Waals surface area (Å²) in [7, 11) is 0. The number of hydrogen-bond acceptors (Lipinski definition) is 4. The maximum absolute atomic E-state index is 10.5. The van der Waals surface area contributed by atoms with E-state index in [0.717, 1.165) is 17.7 Å². The molecule has 5 nitrogen and oxygen atoms in total. The van der Waals surface area contributed by atoms with Gasteiger partial charge in [-0.3, -0.25) is 0 Å². The van der Waals surface area contributed by atoms with Gasteiger partial charge in [-0.2, -0.15) is 11.3 Å². The van der Waals surface area contributed by atoms with E-state index in [2.05, 4.69) is 22.2 Å². The van der Waals surface area contributed by atoms with Crippen molar-refractivity contribution in [3.05, 3.63) is 59.2 Å². The van der Waals surface area contributed by atoms with E-state index in [4.69, 9.17) is 4.42 Å². The first kappa shape index (κ1) is 20.7. The van der Waals surface area contributed by atoms with E-state index in [1.807, 2.05) is 29.0 Å². The number of halogens is 1. The van der Waals surface area contributed by atoms with Gasteiger partial charge in [0, 0.05) is 19.5 Å². The molecule has 0 aliphatic rings. The van der Waals surface area contributed by atoms with Gasteiger partial charge in [0.25, 0.3) is 0 Å². The quantitative estimate of drug-likeness (QED) is 0.245. The van der Waals surface area contributed by atoms with Gasteiger partial charge in [-0.1, -0.05) is 6.08 Å². The zero-order chi connectivity index (χ0) is 16.5. The van der Waals surface area contributed by atoms with Crippen LogP contribution < -0.4 is 10.6 Å². The molecule has 0 aromatic carbocycles. The molecule has 24 heavy (non-hydrogen) atoms. The molecule has 0 aliphatic heterocycles. The molecule has 0 saturated heterocycles. The van der Waals surface area contributed by atoms with Crippen LogP contribution in [0.2, 0.25) is 0 Å². The van der Waals surface area contributed by atoms with Crippen molar-refractivity contribution in [2.45, 2.75) is 18.9 Å². The lowest BCUT2D eigenvalue weighted by atomic mass is 10.00. The second-order valence-corrected chi connectivity index (χ2v) is 6.16. The highest BCUT2D eigenvalue weighted by Crippen LogP contribution is 2.23. The standard InChI is InChI=1S/C17H23N3O2S.HI/c1-3-8-18-16(19-9-6-15-5-4-10-22-15)20-13-17(2,21)14-7-11-23-12-14;/h3-5,7,10-12,21H,1,6,8-9,13H2,2H3,(H2,18,19,20);1H. The maximum atomic E-state index is 10.5. The van der Waals surface area contributed by atoms with Crippen molar-refractivity contribution >= 4 is 41.3 Å². The Morgan fingerprint density at radius 2 is 2.29 bits per heavy atom. The van der Waals surface area contributed by atoms with Gasteiger partial charge in [-0.25, -0.2) is 4.99 Å². The van der Waals surface area contributed by atoms with E-state index in [0.29, 0.717) is 19.0 Å². The fraction of sp³-hybridized carbons (Fsp3) is 0.353. The lowest BCUT2D eigenvalue weighted by Crippen LogP contribution is -2.39. The predicted molar refractivity (Wildman–Crippen MR) is 110 cm³/mol. The molecule has 0 amide bonds. The molecule has 1 atom stereocenters. The Bertz CT molecular complexity index is 610. The van der Waals surface area contributed by atoms with Crippen LogP contribution in [0.1, 0.15) is 18.2 Å². The van der Waals surface area contributed by atoms with Gasteiger partial charge < -0.3 is 20.2 Å². The number of aliphatic imine (C=N–C) groups is 1. The molecule has 132 valence electrons.